The van der Waals surface area contributed by atoms with Crippen molar-refractivity contribution in [2.45, 2.75) is 0 Å². The van der Waals surface area contributed by atoms with Gasteiger partial charge in [0.25, 0.3) is 0 Å². The summed E-state index contributed by atoms with van der Waals surface area (Å²) in [5.74, 6) is 5.86. The molecule has 0 aliphatic heterocycles. The molecule has 1 aromatic carbocycles. The van der Waals surface area contributed by atoms with E-state index in [1.807, 2.05) is 12.1 Å². The van der Waals surface area contributed by atoms with Crippen molar-refractivity contribution in [1.82, 2.24) is 0 Å². The molecule has 0 heterocycles. The van der Waals surface area contributed by atoms with Crippen LogP contribution in [0.4, 0.5) is 5.69 Å². The van der Waals surface area contributed by atoms with E-state index in [1.54, 1.807) is 13.2 Å². The molecule has 1 rings (SSSR count). The van der Waals surface area contributed by atoms with Crippen molar-refractivity contribution in [3.8, 4) is 5.75 Å². The van der Waals surface area contributed by atoms with E-state index in [4.69, 9.17) is 10.6 Å². The van der Waals surface area contributed by atoms with Gasteiger partial charge in [0.05, 0.1) is 12.8 Å². The van der Waals surface area contributed by atoms with Crippen LogP contribution in [0.2, 0.25) is 0 Å². The number of benzene rings is 1. The molecule has 0 saturated heterocycles. The van der Waals surface area contributed by atoms with Gasteiger partial charge in [0.15, 0.2) is 0 Å². The number of ether oxygens (including phenoxy) is 1. The zero-order chi connectivity index (χ0) is 7.40. The first-order valence-electron chi connectivity index (χ1n) is 2.90. The molecular formula is C7H9N2O. The van der Waals surface area contributed by atoms with Gasteiger partial charge in [-0.05, 0) is 6.07 Å². The van der Waals surface area contributed by atoms with E-state index in [1.165, 1.54) is 0 Å². The summed E-state index contributed by atoms with van der Waals surface area (Å²) in [6.45, 7) is 0. The molecule has 3 N–H and O–H groups in total. The number of hydrogen-bond acceptors (Lipinski definition) is 3. The predicted octanol–water partition coefficient (Wildman–Crippen LogP) is 0.781. The second kappa shape index (κ2) is 3.08. The highest BCUT2D eigenvalue weighted by atomic mass is 16.5. The van der Waals surface area contributed by atoms with Crippen LogP contribution in [-0.2, 0) is 0 Å². The van der Waals surface area contributed by atoms with Crippen LogP contribution in [0.15, 0.2) is 18.2 Å². The maximum Gasteiger partial charge on any atom is 0.143 e. The highest BCUT2D eigenvalue weighted by Gasteiger charge is 1.96. The number of anilines is 1. The minimum absolute atomic E-state index is 0.671. The van der Waals surface area contributed by atoms with Crippen molar-refractivity contribution in [3.63, 3.8) is 0 Å². The number of rotatable bonds is 2. The average molecular weight is 137 g/mol. The van der Waals surface area contributed by atoms with Crippen LogP contribution < -0.4 is 16.0 Å². The molecule has 0 saturated carbocycles. The van der Waals surface area contributed by atoms with Crippen molar-refractivity contribution in [2.75, 3.05) is 12.5 Å². The highest BCUT2D eigenvalue weighted by molar-refractivity contribution is 5.53. The first kappa shape index (κ1) is 6.89. The first-order chi connectivity index (χ1) is 4.88. The van der Waals surface area contributed by atoms with Gasteiger partial charge in [-0.25, -0.2) is 0 Å². The van der Waals surface area contributed by atoms with Crippen LogP contribution in [0.3, 0.4) is 0 Å². The van der Waals surface area contributed by atoms with E-state index in [0.717, 1.165) is 0 Å². The zero-order valence-corrected chi connectivity index (χ0v) is 5.72. The minimum Gasteiger partial charge on any atom is -0.495 e. The van der Waals surface area contributed by atoms with E-state index in [0.29, 0.717) is 11.4 Å². The Morgan fingerprint density at radius 2 is 2.50 bits per heavy atom. The summed E-state index contributed by atoms with van der Waals surface area (Å²) in [5, 5.41) is 0. The number of nitrogens with one attached hydrogen (secondary N) is 1. The van der Waals surface area contributed by atoms with Gasteiger partial charge in [0.2, 0.25) is 0 Å². The Hall–Kier alpha value is -1.22. The average Bonchev–Trinajstić information content (AvgIpc) is 2.04. The molecule has 0 aliphatic carbocycles. The topological polar surface area (TPSA) is 47.3 Å². The Bertz CT molecular complexity index is 190. The fraction of sp³-hybridized carbons (Fsp3) is 0.143. The summed E-state index contributed by atoms with van der Waals surface area (Å²) in [5.41, 5.74) is 3.14. The van der Waals surface area contributed by atoms with Crippen molar-refractivity contribution >= 4 is 5.69 Å². The molecule has 10 heavy (non-hydrogen) atoms. The van der Waals surface area contributed by atoms with Crippen LogP contribution >= 0.6 is 0 Å². The van der Waals surface area contributed by atoms with E-state index in [2.05, 4.69) is 11.5 Å². The fourth-order valence-corrected chi connectivity index (χ4v) is 0.704. The van der Waals surface area contributed by atoms with E-state index < -0.39 is 0 Å². The third-order valence-corrected chi connectivity index (χ3v) is 1.18. The van der Waals surface area contributed by atoms with Gasteiger partial charge in [-0.2, -0.15) is 0 Å². The normalized spacial score (nSPS) is 9.00. The lowest BCUT2D eigenvalue weighted by atomic mass is 10.3. The Balaban J connectivity index is 2.96. The Labute approximate surface area is 59.8 Å². The number of hydrogen-bond donors (Lipinski definition) is 2. The molecule has 0 fully saturated rings. The SMILES string of the molecule is COc1ccc[c]c1NN. The van der Waals surface area contributed by atoms with Gasteiger partial charge < -0.3 is 10.2 Å². The molecule has 53 valence electrons. The first-order valence-corrected chi connectivity index (χ1v) is 2.90. The third kappa shape index (κ3) is 1.19. The molecule has 0 amide bonds. The van der Waals surface area contributed by atoms with Gasteiger partial charge >= 0.3 is 0 Å². The molecular weight excluding hydrogens is 128 g/mol. The van der Waals surface area contributed by atoms with Crippen molar-refractivity contribution in [3.05, 3.63) is 24.3 Å². The highest BCUT2D eigenvalue weighted by Crippen LogP contribution is 2.20. The molecule has 1 aromatic rings. The van der Waals surface area contributed by atoms with Gasteiger partial charge in [0.1, 0.15) is 5.75 Å². The molecule has 0 aromatic heterocycles. The van der Waals surface area contributed by atoms with Gasteiger partial charge in [-0.15, -0.1) is 0 Å². The van der Waals surface area contributed by atoms with Crippen LogP contribution in [0.1, 0.15) is 0 Å². The number of para-hydroxylation sites is 1. The fourth-order valence-electron chi connectivity index (χ4n) is 0.704. The van der Waals surface area contributed by atoms with Gasteiger partial charge in [0, 0.05) is 6.07 Å². The molecule has 0 spiro atoms. The summed E-state index contributed by atoms with van der Waals surface area (Å²) in [6, 6.07) is 8.28. The van der Waals surface area contributed by atoms with E-state index in [-0.39, 0.29) is 0 Å². The maximum atomic E-state index is 5.16. The number of methoxy groups -OCH3 is 1. The number of hydrazine groups is 1. The largest absolute Gasteiger partial charge is 0.495 e. The maximum absolute atomic E-state index is 5.16. The molecule has 3 nitrogen and oxygen atoms in total. The summed E-state index contributed by atoms with van der Waals surface area (Å²) in [7, 11) is 1.59. The second-order valence-corrected chi connectivity index (χ2v) is 1.76. The minimum atomic E-state index is 0.671. The quantitative estimate of drug-likeness (QED) is 0.467. The lowest BCUT2D eigenvalue weighted by molar-refractivity contribution is 0.416. The smallest absolute Gasteiger partial charge is 0.143 e. The summed E-state index contributed by atoms with van der Waals surface area (Å²) in [6.07, 6.45) is 0. The second-order valence-electron chi connectivity index (χ2n) is 1.76. The third-order valence-electron chi connectivity index (χ3n) is 1.18. The number of nitrogens with two attached hydrogens (primary N) is 1. The summed E-state index contributed by atoms with van der Waals surface area (Å²) < 4.78 is 4.96. The Morgan fingerprint density at radius 3 is 3.00 bits per heavy atom. The van der Waals surface area contributed by atoms with Crippen molar-refractivity contribution < 1.29 is 4.74 Å². The molecule has 0 atom stereocenters. The Kier molecular flexibility index (Phi) is 2.12. The van der Waals surface area contributed by atoms with Crippen molar-refractivity contribution in [1.29, 1.82) is 0 Å². The molecule has 0 aliphatic rings. The summed E-state index contributed by atoms with van der Waals surface area (Å²) in [4.78, 5) is 0. The lowest BCUT2D eigenvalue weighted by Crippen LogP contribution is -2.07. The summed E-state index contributed by atoms with van der Waals surface area (Å²) >= 11 is 0. The van der Waals surface area contributed by atoms with Crippen LogP contribution in [0.5, 0.6) is 5.75 Å². The van der Waals surface area contributed by atoms with Crippen molar-refractivity contribution in [2.24, 2.45) is 5.84 Å². The molecule has 1 radical (unpaired) electrons. The molecule has 0 unspecified atom stereocenters. The predicted molar refractivity (Wildman–Crippen MR) is 39.6 cm³/mol. The van der Waals surface area contributed by atoms with Crippen LogP contribution in [-0.4, -0.2) is 7.11 Å². The Morgan fingerprint density at radius 1 is 1.70 bits per heavy atom. The molecule has 3 heteroatoms. The standard InChI is InChI=1S/C7H9N2O/c1-10-7-5-3-2-4-6(7)9-8/h2-3,5,9H,8H2,1H3. The zero-order valence-electron chi connectivity index (χ0n) is 5.72. The number of nitrogen functional groups attached to an aromatic ring is 1. The van der Waals surface area contributed by atoms with Crippen LogP contribution in [0.25, 0.3) is 0 Å². The lowest BCUT2D eigenvalue weighted by Gasteiger charge is -2.04. The van der Waals surface area contributed by atoms with E-state index >= 15 is 0 Å². The van der Waals surface area contributed by atoms with Crippen LogP contribution in [0, 0.1) is 6.07 Å². The van der Waals surface area contributed by atoms with E-state index in [9.17, 15) is 0 Å². The van der Waals surface area contributed by atoms with Gasteiger partial charge in [-0.1, -0.05) is 12.1 Å². The molecule has 0 bridgehead atoms. The monoisotopic (exact) mass is 137 g/mol. The van der Waals surface area contributed by atoms with Gasteiger partial charge in [-0.3, -0.25) is 5.84 Å².